The van der Waals surface area contributed by atoms with Crippen molar-refractivity contribution in [1.29, 1.82) is 0 Å². The standard InChI is InChI=1S/C22H29N3O6S/c1-6-20(22(26)23-9-10-31-19-12-15(2)11-16(3)13-19)24(32(5,29)30)21-14-18(25(27)28)8-7-17(21)4/h7-8,11-14,20H,6,9-10H2,1-5H3,(H,23,26)/t20-/m0/s1. The van der Waals surface area contributed by atoms with Gasteiger partial charge in [-0.1, -0.05) is 19.1 Å². The number of rotatable bonds is 10. The highest BCUT2D eigenvalue weighted by Crippen LogP contribution is 2.30. The Morgan fingerprint density at radius 3 is 2.31 bits per heavy atom. The number of nitro groups is 1. The second kappa shape index (κ2) is 10.4. The maximum atomic E-state index is 12.9. The Balaban J connectivity index is 2.18. The molecule has 0 saturated heterocycles. The minimum atomic E-state index is -3.90. The van der Waals surface area contributed by atoms with Gasteiger partial charge in [0.2, 0.25) is 15.9 Å². The van der Waals surface area contributed by atoms with Crippen LogP contribution < -0.4 is 14.4 Å². The van der Waals surface area contributed by atoms with E-state index in [0.717, 1.165) is 21.7 Å². The number of anilines is 1. The van der Waals surface area contributed by atoms with Crippen LogP contribution in [0.5, 0.6) is 5.75 Å². The van der Waals surface area contributed by atoms with Gasteiger partial charge in [0.25, 0.3) is 5.69 Å². The number of amides is 1. The van der Waals surface area contributed by atoms with Gasteiger partial charge in [-0.3, -0.25) is 19.2 Å². The number of hydrogen-bond donors (Lipinski definition) is 1. The fourth-order valence-corrected chi connectivity index (χ4v) is 4.72. The van der Waals surface area contributed by atoms with Crippen LogP contribution >= 0.6 is 0 Å². The average molecular weight is 464 g/mol. The van der Waals surface area contributed by atoms with Gasteiger partial charge >= 0.3 is 0 Å². The molecule has 0 aromatic heterocycles. The zero-order valence-electron chi connectivity index (χ0n) is 18.9. The number of aryl methyl sites for hydroxylation is 3. The molecule has 0 heterocycles. The summed E-state index contributed by atoms with van der Waals surface area (Å²) in [5.41, 5.74) is 2.48. The van der Waals surface area contributed by atoms with E-state index in [2.05, 4.69) is 5.32 Å². The van der Waals surface area contributed by atoms with Gasteiger partial charge in [0, 0.05) is 12.1 Å². The molecule has 0 saturated carbocycles. The molecule has 0 aliphatic rings. The monoisotopic (exact) mass is 463 g/mol. The Morgan fingerprint density at radius 1 is 1.16 bits per heavy atom. The first-order valence-corrected chi connectivity index (χ1v) is 12.0. The number of nitro benzene ring substituents is 1. The maximum absolute atomic E-state index is 12.9. The molecule has 1 amide bonds. The lowest BCUT2D eigenvalue weighted by Crippen LogP contribution is -2.50. The van der Waals surface area contributed by atoms with Crippen molar-refractivity contribution in [3.05, 3.63) is 63.2 Å². The molecular weight excluding hydrogens is 434 g/mol. The van der Waals surface area contributed by atoms with E-state index in [1.165, 1.54) is 18.2 Å². The second-order valence-corrected chi connectivity index (χ2v) is 9.53. The Labute approximate surface area is 188 Å². The summed E-state index contributed by atoms with van der Waals surface area (Å²) in [7, 11) is -3.90. The largest absolute Gasteiger partial charge is 0.492 e. The molecule has 0 aliphatic carbocycles. The summed E-state index contributed by atoms with van der Waals surface area (Å²) in [4.78, 5) is 23.5. The summed E-state index contributed by atoms with van der Waals surface area (Å²) < 4.78 is 31.8. The molecule has 0 radical (unpaired) electrons. The molecule has 2 aromatic carbocycles. The van der Waals surface area contributed by atoms with Crippen LogP contribution in [-0.2, 0) is 14.8 Å². The van der Waals surface area contributed by atoms with Crippen LogP contribution in [0.2, 0.25) is 0 Å². The molecule has 0 aliphatic heterocycles. The zero-order chi connectivity index (χ0) is 24.1. The van der Waals surface area contributed by atoms with Crippen LogP contribution in [0.3, 0.4) is 0 Å². The van der Waals surface area contributed by atoms with E-state index in [-0.39, 0.29) is 30.9 Å². The molecule has 0 spiro atoms. The molecule has 1 atom stereocenters. The van der Waals surface area contributed by atoms with Gasteiger partial charge in [-0.05, 0) is 56.0 Å². The van der Waals surface area contributed by atoms with Gasteiger partial charge in [0.05, 0.1) is 23.4 Å². The van der Waals surface area contributed by atoms with E-state index in [9.17, 15) is 23.3 Å². The number of hydrogen-bond acceptors (Lipinski definition) is 6. The summed E-state index contributed by atoms with van der Waals surface area (Å²) in [5, 5.41) is 13.9. The summed E-state index contributed by atoms with van der Waals surface area (Å²) in [6.45, 7) is 7.63. The first kappa shape index (κ1) is 25.1. The SMILES string of the molecule is CC[C@@H](C(=O)NCCOc1cc(C)cc(C)c1)N(c1cc([N+](=O)[O-])ccc1C)S(C)(=O)=O. The molecule has 1 N–H and O–H groups in total. The first-order valence-electron chi connectivity index (χ1n) is 10.2. The third kappa shape index (κ3) is 6.43. The lowest BCUT2D eigenvalue weighted by molar-refractivity contribution is -0.384. The number of carbonyl (C=O) groups excluding carboxylic acids is 1. The van der Waals surface area contributed by atoms with Crippen molar-refractivity contribution in [1.82, 2.24) is 5.32 Å². The number of benzene rings is 2. The normalized spacial score (nSPS) is 12.2. The Kier molecular flexibility index (Phi) is 8.20. The topological polar surface area (TPSA) is 119 Å². The van der Waals surface area contributed by atoms with Crippen LogP contribution in [0, 0.1) is 30.9 Å². The molecule has 0 bridgehead atoms. The predicted molar refractivity (Wildman–Crippen MR) is 124 cm³/mol. The quantitative estimate of drug-likeness (QED) is 0.328. The molecule has 10 heteroatoms. The van der Waals surface area contributed by atoms with Crippen molar-refractivity contribution in [2.45, 2.75) is 40.2 Å². The highest BCUT2D eigenvalue weighted by Gasteiger charge is 2.33. The van der Waals surface area contributed by atoms with E-state index < -0.39 is 26.9 Å². The van der Waals surface area contributed by atoms with E-state index in [4.69, 9.17) is 4.74 Å². The van der Waals surface area contributed by atoms with Gasteiger partial charge in [0.15, 0.2) is 0 Å². The number of nitrogens with zero attached hydrogens (tertiary/aromatic N) is 2. The molecule has 2 rings (SSSR count). The Bertz CT molecular complexity index is 1080. The number of non-ortho nitro benzene ring substituents is 1. The molecule has 2 aromatic rings. The summed E-state index contributed by atoms with van der Waals surface area (Å²) in [5.74, 6) is 0.182. The Morgan fingerprint density at radius 2 is 1.78 bits per heavy atom. The van der Waals surface area contributed by atoms with E-state index in [0.29, 0.717) is 11.3 Å². The number of ether oxygens (including phenoxy) is 1. The lowest BCUT2D eigenvalue weighted by atomic mass is 10.1. The smallest absolute Gasteiger partial charge is 0.271 e. The minimum Gasteiger partial charge on any atom is -0.492 e. The molecular formula is C22H29N3O6S. The zero-order valence-corrected chi connectivity index (χ0v) is 19.7. The van der Waals surface area contributed by atoms with Crippen molar-refractivity contribution in [2.75, 3.05) is 23.7 Å². The van der Waals surface area contributed by atoms with Gasteiger partial charge in [-0.15, -0.1) is 0 Å². The van der Waals surface area contributed by atoms with Crippen LogP contribution in [-0.4, -0.2) is 44.7 Å². The Hall–Kier alpha value is -3.14. The number of nitrogens with one attached hydrogen (secondary N) is 1. The fraction of sp³-hybridized carbons (Fsp3) is 0.409. The lowest BCUT2D eigenvalue weighted by Gasteiger charge is -2.31. The molecule has 32 heavy (non-hydrogen) atoms. The summed E-state index contributed by atoms with van der Waals surface area (Å²) in [6.07, 6.45) is 1.16. The number of sulfonamides is 1. The summed E-state index contributed by atoms with van der Waals surface area (Å²) in [6, 6.07) is 8.68. The number of carbonyl (C=O) groups is 1. The predicted octanol–water partition coefficient (Wildman–Crippen LogP) is 3.26. The third-order valence-electron chi connectivity index (χ3n) is 4.84. The van der Waals surface area contributed by atoms with Crippen molar-refractivity contribution in [2.24, 2.45) is 0 Å². The van der Waals surface area contributed by atoms with Crippen molar-refractivity contribution < 1.29 is 22.9 Å². The van der Waals surface area contributed by atoms with Crippen LogP contribution in [0.4, 0.5) is 11.4 Å². The van der Waals surface area contributed by atoms with Crippen molar-refractivity contribution >= 4 is 27.3 Å². The van der Waals surface area contributed by atoms with Gasteiger partial charge in [-0.2, -0.15) is 0 Å². The van der Waals surface area contributed by atoms with Crippen LogP contribution in [0.25, 0.3) is 0 Å². The molecule has 0 fully saturated rings. The van der Waals surface area contributed by atoms with E-state index in [1.54, 1.807) is 13.8 Å². The third-order valence-corrected chi connectivity index (χ3v) is 6.00. The first-order chi connectivity index (χ1) is 14.9. The van der Waals surface area contributed by atoms with Gasteiger partial charge < -0.3 is 10.1 Å². The highest BCUT2D eigenvalue weighted by molar-refractivity contribution is 7.92. The van der Waals surface area contributed by atoms with Crippen molar-refractivity contribution in [3.63, 3.8) is 0 Å². The molecule has 9 nitrogen and oxygen atoms in total. The van der Waals surface area contributed by atoms with Gasteiger partial charge in [0.1, 0.15) is 18.4 Å². The minimum absolute atomic E-state index is 0.107. The maximum Gasteiger partial charge on any atom is 0.271 e. The van der Waals surface area contributed by atoms with Gasteiger partial charge in [-0.25, -0.2) is 8.42 Å². The van der Waals surface area contributed by atoms with Crippen LogP contribution in [0.15, 0.2) is 36.4 Å². The van der Waals surface area contributed by atoms with E-state index >= 15 is 0 Å². The molecule has 0 unspecified atom stereocenters. The fourth-order valence-electron chi connectivity index (χ4n) is 3.46. The summed E-state index contributed by atoms with van der Waals surface area (Å²) >= 11 is 0. The second-order valence-electron chi connectivity index (χ2n) is 7.67. The highest BCUT2D eigenvalue weighted by atomic mass is 32.2. The molecule has 174 valence electrons. The van der Waals surface area contributed by atoms with Crippen molar-refractivity contribution in [3.8, 4) is 5.75 Å². The van der Waals surface area contributed by atoms with E-state index in [1.807, 2.05) is 32.0 Å². The average Bonchev–Trinajstić information content (AvgIpc) is 2.68. The van der Waals surface area contributed by atoms with Crippen LogP contribution in [0.1, 0.15) is 30.0 Å².